The maximum absolute atomic E-state index is 11.1. The second-order valence-corrected chi connectivity index (χ2v) is 2.59. The number of hydrogen-bond donors (Lipinski definition) is 2. The van der Waals surface area contributed by atoms with Crippen molar-refractivity contribution in [2.45, 2.75) is 0 Å². The van der Waals surface area contributed by atoms with Gasteiger partial charge < -0.3 is 4.42 Å². The Hall–Kier alpha value is -1.81. The Bertz CT molecular complexity index is 447. The second-order valence-electron chi connectivity index (χ2n) is 2.59. The second kappa shape index (κ2) is 2.91. The number of para-hydroxylation sites is 1. The molecule has 0 bridgehead atoms. The van der Waals surface area contributed by atoms with Gasteiger partial charge in [0.2, 0.25) is 0 Å². The number of rotatable bonds is 1. The highest BCUT2D eigenvalue weighted by Gasteiger charge is 2.10. The number of hydrogen-bond acceptors (Lipinski definition) is 3. The molecule has 1 amide bonds. The van der Waals surface area contributed by atoms with Crippen molar-refractivity contribution in [1.29, 1.82) is 0 Å². The van der Waals surface area contributed by atoms with Crippen molar-refractivity contribution in [3.05, 3.63) is 36.1 Å². The van der Waals surface area contributed by atoms with Crippen LogP contribution in [0, 0.1) is 0 Å². The summed E-state index contributed by atoms with van der Waals surface area (Å²) in [6.07, 6.45) is 1.50. The molecule has 0 unspecified atom stereocenters. The molecular weight excluding hydrogens is 170 g/mol. The first kappa shape index (κ1) is 7.82. The lowest BCUT2D eigenvalue weighted by Crippen LogP contribution is -2.18. The third kappa shape index (κ3) is 1.17. The normalized spacial score (nSPS) is 10.2. The van der Waals surface area contributed by atoms with Gasteiger partial charge in [0.25, 0.3) is 5.91 Å². The van der Waals surface area contributed by atoms with Crippen molar-refractivity contribution in [3.8, 4) is 0 Å². The Morgan fingerprint density at radius 2 is 2.23 bits per heavy atom. The van der Waals surface area contributed by atoms with Crippen LogP contribution in [0.5, 0.6) is 0 Å². The van der Waals surface area contributed by atoms with Crippen LogP contribution < -0.4 is 5.48 Å². The van der Waals surface area contributed by atoms with E-state index in [9.17, 15) is 4.79 Å². The van der Waals surface area contributed by atoms with Crippen LogP contribution in [0.3, 0.4) is 0 Å². The van der Waals surface area contributed by atoms with E-state index in [4.69, 9.17) is 9.62 Å². The number of hydroxylamine groups is 1. The number of carbonyl (C=O) groups excluding carboxylic acids is 1. The predicted molar refractivity (Wildman–Crippen MR) is 45.5 cm³/mol. The first-order valence-corrected chi connectivity index (χ1v) is 3.73. The molecule has 0 saturated heterocycles. The first-order valence-electron chi connectivity index (χ1n) is 3.73. The molecule has 1 aromatic carbocycles. The lowest BCUT2D eigenvalue weighted by atomic mass is 10.1. The molecule has 0 atom stereocenters. The smallest absolute Gasteiger partial charge is 0.278 e. The van der Waals surface area contributed by atoms with Crippen LogP contribution in [0.2, 0.25) is 0 Å². The number of benzene rings is 1. The van der Waals surface area contributed by atoms with Gasteiger partial charge in [-0.3, -0.25) is 10.0 Å². The molecule has 0 radical (unpaired) electrons. The molecule has 0 aliphatic heterocycles. The molecule has 4 heteroatoms. The number of fused-ring (bicyclic) bond motifs is 1. The summed E-state index contributed by atoms with van der Waals surface area (Å²) in [5, 5.41) is 9.28. The fraction of sp³-hybridized carbons (Fsp3) is 0. The summed E-state index contributed by atoms with van der Waals surface area (Å²) < 4.78 is 5.10. The fourth-order valence-electron chi connectivity index (χ4n) is 1.23. The highest BCUT2D eigenvalue weighted by atomic mass is 16.5. The molecule has 13 heavy (non-hydrogen) atoms. The van der Waals surface area contributed by atoms with Gasteiger partial charge in [0.1, 0.15) is 5.58 Å². The van der Waals surface area contributed by atoms with E-state index in [1.165, 1.54) is 6.26 Å². The minimum Gasteiger partial charge on any atom is -0.464 e. The summed E-state index contributed by atoms with van der Waals surface area (Å²) in [5.41, 5.74) is 2.37. The monoisotopic (exact) mass is 177 g/mol. The highest BCUT2D eigenvalue weighted by molar-refractivity contribution is 6.04. The maximum Gasteiger partial charge on any atom is 0.278 e. The summed E-state index contributed by atoms with van der Waals surface area (Å²) in [5.74, 6) is -0.569. The van der Waals surface area contributed by atoms with Gasteiger partial charge in [0.05, 0.1) is 11.8 Å². The number of amides is 1. The SMILES string of the molecule is O=C(NO)c1cccc2ccoc12. The van der Waals surface area contributed by atoms with Crippen LogP contribution in [0.4, 0.5) is 0 Å². The number of nitrogens with one attached hydrogen (secondary N) is 1. The summed E-state index contributed by atoms with van der Waals surface area (Å²) in [4.78, 5) is 11.1. The molecule has 0 saturated carbocycles. The van der Waals surface area contributed by atoms with Crippen LogP contribution in [-0.2, 0) is 0 Å². The zero-order chi connectivity index (χ0) is 9.26. The van der Waals surface area contributed by atoms with E-state index >= 15 is 0 Å². The van der Waals surface area contributed by atoms with E-state index in [0.29, 0.717) is 11.1 Å². The molecule has 1 aromatic heterocycles. The van der Waals surface area contributed by atoms with Gasteiger partial charge in [-0.15, -0.1) is 0 Å². The Morgan fingerprint density at radius 3 is 3.00 bits per heavy atom. The fourth-order valence-corrected chi connectivity index (χ4v) is 1.23. The Labute approximate surface area is 73.7 Å². The molecule has 2 N–H and O–H groups in total. The number of carbonyl (C=O) groups is 1. The van der Waals surface area contributed by atoms with Gasteiger partial charge in [-0.25, -0.2) is 5.48 Å². The van der Waals surface area contributed by atoms with E-state index in [1.807, 2.05) is 6.07 Å². The van der Waals surface area contributed by atoms with Crippen molar-refractivity contribution in [3.63, 3.8) is 0 Å². The van der Waals surface area contributed by atoms with Crippen LogP contribution >= 0.6 is 0 Å². The summed E-state index contributed by atoms with van der Waals surface area (Å²) in [6.45, 7) is 0. The molecule has 0 aliphatic carbocycles. The quantitative estimate of drug-likeness (QED) is 0.513. The molecule has 2 aromatic rings. The Kier molecular flexibility index (Phi) is 1.75. The van der Waals surface area contributed by atoms with E-state index in [0.717, 1.165) is 5.39 Å². The van der Waals surface area contributed by atoms with E-state index < -0.39 is 5.91 Å². The minimum atomic E-state index is -0.569. The van der Waals surface area contributed by atoms with E-state index in [-0.39, 0.29) is 0 Å². The van der Waals surface area contributed by atoms with E-state index in [1.54, 1.807) is 23.7 Å². The molecule has 0 fully saturated rings. The third-order valence-electron chi connectivity index (χ3n) is 1.83. The van der Waals surface area contributed by atoms with Gasteiger partial charge in [-0.1, -0.05) is 12.1 Å². The topological polar surface area (TPSA) is 62.5 Å². The van der Waals surface area contributed by atoms with Gasteiger partial charge >= 0.3 is 0 Å². The molecule has 4 nitrogen and oxygen atoms in total. The third-order valence-corrected chi connectivity index (χ3v) is 1.83. The molecule has 66 valence electrons. The van der Waals surface area contributed by atoms with Crippen molar-refractivity contribution in [2.24, 2.45) is 0 Å². The van der Waals surface area contributed by atoms with Crippen molar-refractivity contribution in [2.75, 3.05) is 0 Å². The average Bonchev–Trinajstić information content (AvgIpc) is 2.63. The lowest BCUT2D eigenvalue weighted by Gasteiger charge is -1.98. The van der Waals surface area contributed by atoms with Crippen molar-refractivity contribution < 1.29 is 14.4 Å². The summed E-state index contributed by atoms with van der Waals surface area (Å²) in [7, 11) is 0. The molecule has 2 rings (SSSR count). The lowest BCUT2D eigenvalue weighted by molar-refractivity contribution is 0.0707. The number of furan rings is 1. The summed E-state index contributed by atoms with van der Waals surface area (Å²) in [6, 6.07) is 6.89. The molecular formula is C9H7NO3. The minimum absolute atomic E-state index is 0.324. The van der Waals surface area contributed by atoms with Crippen LogP contribution in [-0.4, -0.2) is 11.1 Å². The maximum atomic E-state index is 11.1. The molecule has 0 aliphatic rings. The largest absolute Gasteiger partial charge is 0.464 e. The first-order chi connectivity index (χ1) is 6.33. The van der Waals surface area contributed by atoms with Crippen LogP contribution in [0.25, 0.3) is 11.0 Å². The van der Waals surface area contributed by atoms with Gasteiger partial charge in [-0.05, 0) is 12.1 Å². The standard InChI is InChI=1S/C9H7NO3/c11-9(10-12)7-3-1-2-6-4-5-13-8(6)7/h1-5,12H,(H,10,11). The van der Waals surface area contributed by atoms with E-state index in [2.05, 4.69) is 0 Å². The molecule has 0 spiro atoms. The van der Waals surface area contributed by atoms with Crippen molar-refractivity contribution >= 4 is 16.9 Å². The zero-order valence-electron chi connectivity index (χ0n) is 6.65. The average molecular weight is 177 g/mol. The van der Waals surface area contributed by atoms with Crippen molar-refractivity contribution in [1.82, 2.24) is 5.48 Å². The molecule has 1 heterocycles. The van der Waals surface area contributed by atoms with Crippen LogP contribution in [0.15, 0.2) is 34.9 Å². The summed E-state index contributed by atoms with van der Waals surface area (Å²) >= 11 is 0. The Morgan fingerprint density at radius 1 is 1.38 bits per heavy atom. The highest BCUT2D eigenvalue weighted by Crippen LogP contribution is 2.19. The predicted octanol–water partition coefficient (Wildman–Crippen LogP) is 1.55. The van der Waals surface area contributed by atoms with Crippen LogP contribution in [0.1, 0.15) is 10.4 Å². The van der Waals surface area contributed by atoms with Gasteiger partial charge in [-0.2, -0.15) is 0 Å². The Balaban J connectivity index is 2.67. The zero-order valence-corrected chi connectivity index (χ0v) is 6.65. The van der Waals surface area contributed by atoms with Gasteiger partial charge in [0, 0.05) is 5.39 Å². The van der Waals surface area contributed by atoms with Gasteiger partial charge in [0.15, 0.2) is 0 Å².